The first-order valence-corrected chi connectivity index (χ1v) is 10.2. The van der Waals surface area contributed by atoms with Crippen LogP contribution in [0.25, 0.3) is 5.69 Å². The lowest BCUT2D eigenvalue weighted by Crippen LogP contribution is -2.47. The smallest absolute Gasteiger partial charge is 0.191 e. The van der Waals surface area contributed by atoms with Gasteiger partial charge in [0.15, 0.2) is 5.96 Å². The lowest BCUT2D eigenvalue weighted by Gasteiger charge is -2.40. The van der Waals surface area contributed by atoms with Crippen LogP contribution < -0.4 is 10.6 Å². The molecule has 1 saturated heterocycles. The number of aliphatic imine (C=N–C) groups is 1. The zero-order valence-electron chi connectivity index (χ0n) is 17.8. The van der Waals surface area contributed by atoms with Gasteiger partial charge in [0.2, 0.25) is 0 Å². The van der Waals surface area contributed by atoms with Gasteiger partial charge in [0.1, 0.15) is 5.82 Å². The van der Waals surface area contributed by atoms with Crippen LogP contribution in [0.1, 0.15) is 39.2 Å². The molecule has 0 amide bonds. The van der Waals surface area contributed by atoms with Crippen molar-refractivity contribution in [3.63, 3.8) is 0 Å². The first-order valence-electron chi connectivity index (χ1n) is 10.2. The van der Waals surface area contributed by atoms with Crippen LogP contribution in [0.15, 0.2) is 41.9 Å². The van der Waals surface area contributed by atoms with Gasteiger partial charge >= 0.3 is 0 Å². The largest absolute Gasteiger partial charge is 0.377 e. The normalized spacial score (nSPS) is 20.5. The number of nitrogens with zero attached hydrogens (tertiary/aromatic N) is 3. The standard InChI is InChI=1S/C22H32FN5O/c1-22(2,3)20-17(6-5-11-29-20)14-27-21(24-4)26-13-16-7-8-19(18(23)12-16)28-10-9-25-15-28/h7-10,12,15,17,20H,5-6,11,13-14H2,1-4H3,(H2,24,26,27). The number of halogens is 1. The van der Waals surface area contributed by atoms with Crippen LogP contribution in [0, 0.1) is 17.2 Å². The number of nitrogens with one attached hydrogen (secondary N) is 2. The van der Waals surface area contributed by atoms with Gasteiger partial charge in [0.25, 0.3) is 0 Å². The molecule has 1 aliphatic heterocycles. The second-order valence-corrected chi connectivity index (χ2v) is 8.62. The molecule has 7 heteroatoms. The minimum absolute atomic E-state index is 0.109. The number of benzene rings is 1. The first-order chi connectivity index (χ1) is 13.9. The highest BCUT2D eigenvalue weighted by atomic mass is 19.1. The SMILES string of the molecule is CN=C(NCc1ccc(-n2ccnc2)c(F)c1)NCC1CCCOC1C(C)(C)C. The third kappa shape index (κ3) is 5.56. The van der Waals surface area contributed by atoms with Crippen LogP contribution in [-0.2, 0) is 11.3 Å². The molecule has 29 heavy (non-hydrogen) atoms. The van der Waals surface area contributed by atoms with E-state index in [-0.39, 0.29) is 17.3 Å². The lowest BCUT2D eigenvalue weighted by molar-refractivity contribution is -0.0835. The van der Waals surface area contributed by atoms with Crippen molar-refractivity contribution in [3.05, 3.63) is 48.3 Å². The van der Waals surface area contributed by atoms with E-state index in [1.165, 1.54) is 0 Å². The molecule has 0 bridgehead atoms. The van der Waals surface area contributed by atoms with E-state index >= 15 is 0 Å². The fourth-order valence-corrected chi connectivity index (χ4v) is 3.92. The van der Waals surface area contributed by atoms with E-state index in [1.54, 1.807) is 42.5 Å². The summed E-state index contributed by atoms with van der Waals surface area (Å²) in [6.07, 6.45) is 7.41. The maximum Gasteiger partial charge on any atom is 0.191 e. The Balaban J connectivity index is 1.55. The Morgan fingerprint density at radius 1 is 1.34 bits per heavy atom. The molecule has 1 fully saturated rings. The number of hydrogen-bond acceptors (Lipinski definition) is 3. The van der Waals surface area contributed by atoms with Crippen LogP contribution in [0.2, 0.25) is 0 Å². The van der Waals surface area contributed by atoms with Crippen molar-refractivity contribution in [2.75, 3.05) is 20.2 Å². The van der Waals surface area contributed by atoms with Gasteiger partial charge in [0, 0.05) is 45.1 Å². The van der Waals surface area contributed by atoms with E-state index in [0.717, 1.165) is 31.6 Å². The van der Waals surface area contributed by atoms with Gasteiger partial charge in [-0.2, -0.15) is 0 Å². The second kappa shape index (κ2) is 9.39. The number of imidazole rings is 1. The molecular weight excluding hydrogens is 369 g/mol. The fourth-order valence-electron chi connectivity index (χ4n) is 3.92. The summed E-state index contributed by atoms with van der Waals surface area (Å²) in [6.45, 7) is 8.81. The Morgan fingerprint density at radius 3 is 2.83 bits per heavy atom. The third-order valence-electron chi connectivity index (χ3n) is 5.31. The summed E-state index contributed by atoms with van der Waals surface area (Å²) in [5.41, 5.74) is 1.44. The van der Waals surface area contributed by atoms with Gasteiger partial charge in [-0.1, -0.05) is 26.8 Å². The van der Waals surface area contributed by atoms with E-state index in [1.807, 2.05) is 6.07 Å². The first kappa shape index (κ1) is 21.3. The lowest BCUT2D eigenvalue weighted by atomic mass is 9.78. The summed E-state index contributed by atoms with van der Waals surface area (Å²) < 4.78 is 22.1. The maximum absolute atomic E-state index is 14.4. The molecule has 0 radical (unpaired) electrons. The van der Waals surface area contributed by atoms with Crippen molar-refractivity contribution < 1.29 is 9.13 Å². The topological polar surface area (TPSA) is 63.5 Å². The minimum Gasteiger partial charge on any atom is -0.377 e. The molecule has 1 aromatic carbocycles. The van der Waals surface area contributed by atoms with Crippen molar-refractivity contribution in [2.45, 2.75) is 46.3 Å². The number of rotatable bonds is 5. The van der Waals surface area contributed by atoms with Crippen molar-refractivity contribution >= 4 is 5.96 Å². The number of hydrogen-bond donors (Lipinski definition) is 2. The summed E-state index contributed by atoms with van der Waals surface area (Å²) in [7, 11) is 1.75. The maximum atomic E-state index is 14.4. The zero-order chi connectivity index (χ0) is 20.9. The molecule has 158 valence electrons. The van der Waals surface area contributed by atoms with E-state index in [0.29, 0.717) is 24.1 Å². The average Bonchev–Trinajstić information content (AvgIpc) is 3.22. The highest BCUT2D eigenvalue weighted by molar-refractivity contribution is 5.79. The Hall–Kier alpha value is -2.41. The van der Waals surface area contributed by atoms with Gasteiger partial charge in [0.05, 0.1) is 18.1 Å². The monoisotopic (exact) mass is 401 g/mol. The summed E-state index contributed by atoms with van der Waals surface area (Å²) >= 11 is 0. The van der Waals surface area contributed by atoms with Gasteiger partial charge in [-0.05, 0) is 36.0 Å². The molecule has 3 rings (SSSR count). The molecule has 1 aliphatic rings. The fraction of sp³-hybridized carbons (Fsp3) is 0.545. The van der Waals surface area contributed by atoms with Crippen molar-refractivity contribution in [1.82, 2.24) is 20.2 Å². The Kier molecular flexibility index (Phi) is 6.90. The van der Waals surface area contributed by atoms with E-state index in [9.17, 15) is 4.39 Å². The average molecular weight is 402 g/mol. The molecule has 0 saturated carbocycles. The predicted octanol–water partition coefficient (Wildman–Crippen LogP) is 3.52. The van der Waals surface area contributed by atoms with E-state index in [2.05, 4.69) is 41.4 Å². The number of ether oxygens (including phenoxy) is 1. The van der Waals surface area contributed by atoms with Crippen LogP contribution in [0.5, 0.6) is 0 Å². The molecule has 0 spiro atoms. The third-order valence-corrected chi connectivity index (χ3v) is 5.31. The van der Waals surface area contributed by atoms with Crippen molar-refractivity contribution in [1.29, 1.82) is 0 Å². The highest BCUT2D eigenvalue weighted by Gasteiger charge is 2.35. The van der Waals surface area contributed by atoms with Crippen LogP contribution in [0.4, 0.5) is 4.39 Å². The second-order valence-electron chi connectivity index (χ2n) is 8.62. The quantitative estimate of drug-likeness (QED) is 0.594. The molecule has 2 heterocycles. The van der Waals surface area contributed by atoms with Gasteiger partial charge < -0.3 is 19.9 Å². The Bertz CT molecular complexity index is 813. The molecule has 0 aliphatic carbocycles. The molecule has 1 aromatic heterocycles. The number of guanidine groups is 1. The molecule has 6 nitrogen and oxygen atoms in total. The summed E-state index contributed by atoms with van der Waals surface area (Å²) in [5, 5.41) is 6.69. The molecule has 2 aromatic rings. The van der Waals surface area contributed by atoms with Crippen LogP contribution in [0.3, 0.4) is 0 Å². The molecule has 2 atom stereocenters. The number of aromatic nitrogens is 2. The van der Waals surface area contributed by atoms with Crippen molar-refractivity contribution in [2.24, 2.45) is 16.3 Å². The van der Waals surface area contributed by atoms with Crippen LogP contribution in [-0.4, -0.2) is 41.8 Å². The minimum atomic E-state index is -0.280. The van der Waals surface area contributed by atoms with E-state index < -0.39 is 0 Å². The van der Waals surface area contributed by atoms with Crippen molar-refractivity contribution in [3.8, 4) is 5.69 Å². The highest BCUT2D eigenvalue weighted by Crippen LogP contribution is 2.33. The molecular formula is C22H32FN5O. The summed E-state index contributed by atoms with van der Waals surface area (Å²) in [5.74, 6) is 0.870. The molecule has 2 unspecified atom stereocenters. The van der Waals surface area contributed by atoms with Crippen LogP contribution >= 0.6 is 0 Å². The Morgan fingerprint density at radius 2 is 2.17 bits per heavy atom. The summed E-state index contributed by atoms with van der Waals surface area (Å²) in [4.78, 5) is 8.27. The van der Waals surface area contributed by atoms with Gasteiger partial charge in [-0.15, -0.1) is 0 Å². The predicted molar refractivity (Wildman–Crippen MR) is 114 cm³/mol. The molecule has 2 N–H and O–H groups in total. The Labute approximate surface area is 172 Å². The summed E-state index contributed by atoms with van der Waals surface area (Å²) in [6, 6.07) is 5.21. The zero-order valence-corrected chi connectivity index (χ0v) is 17.8. The van der Waals surface area contributed by atoms with E-state index in [4.69, 9.17) is 4.74 Å². The van der Waals surface area contributed by atoms with Gasteiger partial charge in [-0.25, -0.2) is 9.37 Å². The van der Waals surface area contributed by atoms with Gasteiger partial charge in [-0.3, -0.25) is 4.99 Å².